The van der Waals surface area contributed by atoms with Crippen LogP contribution in [-0.2, 0) is 0 Å². The fourth-order valence-corrected chi connectivity index (χ4v) is 4.79. The third kappa shape index (κ3) is 3.21. The molecule has 4 heterocycles. The second kappa shape index (κ2) is 6.77. The molecule has 2 aliphatic rings. The van der Waals surface area contributed by atoms with Crippen LogP contribution in [0.3, 0.4) is 0 Å². The number of aromatic hydroxyl groups is 1. The standard InChI is InChI=1S/C22H24FN5O2/c1-21-7-8-22(2,28-21)20(23)18(10-21)30-19-6-5-16(26-27-19)15-4-3-13(9-17(15)29)14-11-24-25-12-14/h3-6,9,11-12,18,20,28-29H,7-8,10H2,1-2H3,(H,24,25)/t18-,20-,21-,22+/m0/s1. The Bertz CT molecular complexity index is 1060. The van der Waals surface area contributed by atoms with E-state index in [4.69, 9.17) is 4.74 Å². The monoisotopic (exact) mass is 409 g/mol. The number of benzene rings is 1. The molecule has 5 rings (SSSR count). The number of piperidine rings is 1. The Hall–Kier alpha value is -3.00. The number of alkyl halides is 1. The van der Waals surface area contributed by atoms with Crippen molar-refractivity contribution in [2.24, 2.45) is 0 Å². The molecule has 4 atom stereocenters. The van der Waals surface area contributed by atoms with Crippen molar-refractivity contribution in [3.63, 3.8) is 0 Å². The van der Waals surface area contributed by atoms with Gasteiger partial charge in [-0.3, -0.25) is 5.10 Å². The van der Waals surface area contributed by atoms with Gasteiger partial charge in [0.1, 0.15) is 11.9 Å². The summed E-state index contributed by atoms with van der Waals surface area (Å²) < 4.78 is 21.0. The molecule has 0 unspecified atom stereocenters. The van der Waals surface area contributed by atoms with Crippen molar-refractivity contribution in [3.8, 4) is 34.0 Å². The summed E-state index contributed by atoms with van der Waals surface area (Å²) in [6.45, 7) is 4.04. The molecule has 2 aromatic heterocycles. The number of ether oxygens (including phenoxy) is 1. The van der Waals surface area contributed by atoms with Crippen molar-refractivity contribution < 1.29 is 14.2 Å². The molecule has 7 nitrogen and oxygen atoms in total. The van der Waals surface area contributed by atoms with Crippen molar-refractivity contribution in [1.29, 1.82) is 0 Å². The summed E-state index contributed by atoms with van der Waals surface area (Å²) in [4.78, 5) is 0. The van der Waals surface area contributed by atoms with Crippen molar-refractivity contribution in [2.45, 2.75) is 56.5 Å². The minimum Gasteiger partial charge on any atom is -0.507 e. The van der Waals surface area contributed by atoms with E-state index >= 15 is 4.39 Å². The Morgan fingerprint density at radius 1 is 1.13 bits per heavy atom. The summed E-state index contributed by atoms with van der Waals surface area (Å²) in [5, 5.41) is 28.9. The first kappa shape index (κ1) is 19.0. The summed E-state index contributed by atoms with van der Waals surface area (Å²) in [5.41, 5.74) is 2.12. The molecule has 2 aliphatic heterocycles. The van der Waals surface area contributed by atoms with Gasteiger partial charge in [0.2, 0.25) is 5.88 Å². The Labute approximate surface area is 173 Å². The SMILES string of the molecule is C[C@@]12CC[C@@](C)(N1)[C@@H](F)[C@@H](Oc1ccc(-c3ccc(-c4cn[nH]c4)cc3O)nn1)C2. The maximum Gasteiger partial charge on any atom is 0.233 e. The van der Waals surface area contributed by atoms with Crippen LogP contribution in [0.4, 0.5) is 4.39 Å². The van der Waals surface area contributed by atoms with E-state index in [1.165, 1.54) is 0 Å². The predicted molar refractivity (Wildman–Crippen MR) is 110 cm³/mol. The number of phenolic OH excluding ortho intramolecular Hbond substituents is 1. The second-order valence-corrected chi connectivity index (χ2v) is 8.84. The fraction of sp³-hybridized carbons (Fsp3) is 0.409. The molecule has 2 fully saturated rings. The van der Waals surface area contributed by atoms with Crippen LogP contribution in [0, 0.1) is 0 Å². The van der Waals surface area contributed by atoms with Gasteiger partial charge in [-0.05, 0) is 50.5 Å². The molecular formula is C22H24FN5O2. The zero-order valence-electron chi connectivity index (χ0n) is 16.9. The van der Waals surface area contributed by atoms with Crippen LogP contribution in [0.25, 0.3) is 22.4 Å². The predicted octanol–water partition coefficient (Wildman–Crippen LogP) is 3.63. The lowest BCUT2D eigenvalue weighted by Crippen LogP contribution is -2.63. The number of nitrogens with zero attached hydrogens (tertiary/aromatic N) is 3. The largest absolute Gasteiger partial charge is 0.507 e. The molecule has 0 aliphatic carbocycles. The Morgan fingerprint density at radius 3 is 2.70 bits per heavy atom. The summed E-state index contributed by atoms with van der Waals surface area (Å²) in [6, 6.07) is 8.72. The third-order valence-corrected chi connectivity index (χ3v) is 6.39. The Kier molecular flexibility index (Phi) is 4.28. The van der Waals surface area contributed by atoms with Gasteiger partial charge >= 0.3 is 0 Å². The third-order valence-electron chi connectivity index (χ3n) is 6.39. The van der Waals surface area contributed by atoms with Crippen LogP contribution in [0.5, 0.6) is 11.6 Å². The number of nitrogens with one attached hydrogen (secondary N) is 2. The maximum atomic E-state index is 15.1. The molecule has 8 heteroatoms. The highest BCUT2D eigenvalue weighted by Gasteiger charge is 2.56. The van der Waals surface area contributed by atoms with Gasteiger partial charge in [0.05, 0.1) is 17.4 Å². The minimum absolute atomic E-state index is 0.0938. The number of hydrogen-bond acceptors (Lipinski definition) is 6. The average molecular weight is 409 g/mol. The van der Waals surface area contributed by atoms with E-state index in [-0.39, 0.29) is 17.2 Å². The van der Waals surface area contributed by atoms with Gasteiger partial charge in [-0.1, -0.05) is 6.07 Å². The van der Waals surface area contributed by atoms with Crippen LogP contribution < -0.4 is 10.1 Å². The molecule has 3 N–H and O–H groups in total. The highest BCUT2D eigenvalue weighted by molar-refractivity contribution is 5.73. The quantitative estimate of drug-likeness (QED) is 0.609. The van der Waals surface area contributed by atoms with Crippen molar-refractivity contribution in [2.75, 3.05) is 0 Å². The summed E-state index contributed by atoms with van der Waals surface area (Å²) in [5.74, 6) is 0.380. The van der Waals surface area contributed by atoms with Gasteiger partial charge in [0.15, 0.2) is 6.17 Å². The number of hydrogen-bond donors (Lipinski definition) is 3. The number of fused-ring (bicyclic) bond motifs is 2. The smallest absolute Gasteiger partial charge is 0.233 e. The van der Waals surface area contributed by atoms with E-state index in [2.05, 4.69) is 32.6 Å². The second-order valence-electron chi connectivity index (χ2n) is 8.84. The van der Waals surface area contributed by atoms with E-state index in [1.54, 1.807) is 36.7 Å². The van der Waals surface area contributed by atoms with Crippen LogP contribution in [0.15, 0.2) is 42.7 Å². The Morgan fingerprint density at radius 2 is 2.00 bits per heavy atom. The first-order valence-corrected chi connectivity index (χ1v) is 10.1. The fourth-order valence-electron chi connectivity index (χ4n) is 4.79. The molecule has 0 amide bonds. The molecule has 3 aromatic rings. The molecular weight excluding hydrogens is 385 g/mol. The highest BCUT2D eigenvalue weighted by Crippen LogP contribution is 2.44. The van der Waals surface area contributed by atoms with Crippen molar-refractivity contribution in [3.05, 3.63) is 42.7 Å². The normalized spacial score (nSPS) is 30.4. The summed E-state index contributed by atoms with van der Waals surface area (Å²) in [7, 11) is 0. The van der Waals surface area contributed by atoms with Crippen LogP contribution in [0.2, 0.25) is 0 Å². The molecule has 0 radical (unpaired) electrons. The van der Waals surface area contributed by atoms with Crippen molar-refractivity contribution in [1.82, 2.24) is 25.7 Å². The average Bonchev–Trinajstić information content (AvgIpc) is 3.34. The van der Waals surface area contributed by atoms with Gasteiger partial charge in [-0.2, -0.15) is 5.10 Å². The van der Waals surface area contributed by atoms with Crippen LogP contribution in [-0.4, -0.2) is 48.9 Å². The molecule has 156 valence electrons. The van der Waals surface area contributed by atoms with E-state index in [0.717, 1.165) is 24.0 Å². The number of H-pyrrole nitrogens is 1. The number of aromatic amines is 1. The molecule has 2 saturated heterocycles. The minimum atomic E-state index is -1.12. The number of phenols is 1. The van der Waals surface area contributed by atoms with E-state index in [1.807, 2.05) is 13.0 Å². The topological polar surface area (TPSA) is 96.0 Å². The van der Waals surface area contributed by atoms with Gasteiger partial charge in [0, 0.05) is 35.3 Å². The van der Waals surface area contributed by atoms with Crippen molar-refractivity contribution >= 4 is 0 Å². The summed E-state index contributed by atoms with van der Waals surface area (Å²) >= 11 is 0. The zero-order valence-corrected chi connectivity index (χ0v) is 16.9. The lowest BCUT2D eigenvalue weighted by atomic mass is 9.85. The van der Waals surface area contributed by atoms with Gasteiger partial charge in [0.25, 0.3) is 0 Å². The highest BCUT2D eigenvalue weighted by atomic mass is 19.1. The maximum absolute atomic E-state index is 15.1. The van der Waals surface area contributed by atoms with Gasteiger partial charge in [-0.25, -0.2) is 4.39 Å². The molecule has 30 heavy (non-hydrogen) atoms. The number of halogens is 1. The summed E-state index contributed by atoms with van der Waals surface area (Å²) in [6.07, 6.45) is 4.08. The van der Waals surface area contributed by atoms with Crippen LogP contribution in [0.1, 0.15) is 33.1 Å². The lowest BCUT2D eigenvalue weighted by molar-refractivity contribution is -0.00951. The molecule has 1 aromatic carbocycles. The van der Waals surface area contributed by atoms with Gasteiger partial charge in [-0.15, -0.1) is 10.2 Å². The Balaban J connectivity index is 1.34. The van der Waals surface area contributed by atoms with E-state index in [0.29, 0.717) is 17.7 Å². The zero-order chi connectivity index (χ0) is 20.9. The van der Waals surface area contributed by atoms with Crippen LogP contribution >= 0.6 is 0 Å². The number of rotatable bonds is 4. The molecule has 0 spiro atoms. The molecule has 0 saturated carbocycles. The lowest BCUT2D eigenvalue weighted by Gasteiger charge is -2.43. The van der Waals surface area contributed by atoms with Gasteiger partial charge < -0.3 is 15.2 Å². The first-order valence-electron chi connectivity index (χ1n) is 10.1. The van der Waals surface area contributed by atoms with E-state index in [9.17, 15) is 5.11 Å². The first-order chi connectivity index (χ1) is 14.4. The molecule has 2 bridgehead atoms. The number of aromatic nitrogens is 4. The van der Waals surface area contributed by atoms with E-state index < -0.39 is 17.8 Å².